The third-order valence-electron chi connectivity index (χ3n) is 4.52. The summed E-state index contributed by atoms with van der Waals surface area (Å²) in [5, 5.41) is 10.1. The Hall–Kier alpha value is -2.64. The predicted octanol–water partition coefficient (Wildman–Crippen LogP) is 6.87. The molecule has 0 saturated carbocycles. The van der Waals surface area contributed by atoms with Crippen LogP contribution in [0.5, 0.6) is 0 Å². The van der Waals surface area contributed by atoms with E-state index in [-0.39, 0.29) is 0 Å². The normalized spacial score (nSPS) is 11.5. The summed E-state index contributed by atoms with van der Waals surface area (Å²) in [6.45, 7) is 0. The van der Waals surface area contributed by atoms with Gasteiger partial charge in [0.25, 0.3) is 0 Å². The topological polar surface area (TPSA) is 0 Å². The molecule has 0 aliphatic rings. The van der Waals surface area contributed by atoms with Crippen molar-refractivity contribution in [2.75, 3.05) is 0 Å². The van der Waals surface area contributed by atoms with Crippen molar-refractivity contribution in [2.24, 2.45) is 0 Å². The van der Waals surface area contributed by atoms with Gasteiger partial charge in [-0.15, -0.1) is 11.3 Å². The Morgan fingerprint density at radius 2 is 1.30 bits per heavy atom. The minimum absolute atomic E-state index is 1.30. The molecule has 0 atom stereocenters. The Balaban J connectivity index is 2.12. The van der Waals surface area contributed by atoms with Gasteiger partial charge < -0.3 is 0 Å². The van der Waals surface area contributed by atoms with Gasteiger partial charge in [0.2, 0.25) is 0 Å². The smallest absolute Gasteiger partial charge is 0.0355 e. The van der Waals surface area contributed by atoms with Crippen molar-refractivity contribution >= 4 is 43.7 Å². The number of hydrogen-bond donors (Lipinski definition) is 0. The first-order valence-corrected chi connectivity index (χ1v) is 8.67. The van der Waals surface area contributed by atoms with Crippen LogP contribution >= 0.6 is 11.3 Å². The molecule has 108 valence electrons. The van der Waals surface area contributed by atoms with Gasteiger partial charge in [-0.25, -0.2) is 0 Å². The lowest BCUT2D eigenvalue weighted by atomic mass is 9.92. The molecule has 5 aromatic rings. The first-order chi connectivity index (χ1) is 11.4. The summed E-state index contributed by atoms with van der Waals surface area (Å²) >= 11 is 1.81. The average molecular weight is 310 g/mol. The van der Waals surface area contributed by atoms with E-state index in [0.29, 0.717) is 0 Å². The summed E-state index contributed by atoms with van der Waals surface area (Å²) in [6.07, 6.45) is 0. The van der Waals surface area contributed by atoms with E-state index < -0.39 is 0 Å². The lowest BCUT2D eigenvalue weighted by molar-refractivity contribution is 1.76. The van der Waals surface area contributed by atoms with Crippen LogP contribution in [0.3, 0.4) is 0 Å². The maximum atomic E-state index is 2.31. The number of hydrogen-bond acceptors (Lipinski definition) is 1. The van der Waals surface area contributed by atoms with Crippen LogP contribution in [-0.4, -0.2) is 0 Å². The minimum atomic E-state index is 1.30. The van der Waals surface area contributed by atoms with E-state index in [1.807, 2.05) is 11.3 Å². The van der Waals surface area contributed by atoms with Crippen LogP contribution in [0, 0.1) is 0 Å². The molecule has 0 unspecified atom stereocenters. The lowest BCUT2D eigenvalue weighted by Crippen LogP contribution is -1.85. The number of rotatable bonds is 1. The molecular weight excluding hydrogens is 296 g/mol. The fraction of sp³-hybridized carbons (Fsp3) is 0. The van der Waals surface area contributed by atoms with Crippen molar-refractivity contribution in [3.8, 4) is 10.4 Å². The summed E-state index contributed by atoms with van der Waals surface area (Å²) in [5.41, 5.74) is 1.37. The highest BCUT2D eigenvalue weighted by Crippen LogP contribution is 2.41. The average Bonchev–Trinajstić information content (AvgIpc) is 3.14. The van der Waals surface area contributed by atoms with Crippen LogP contribution in [0.1, 0.15) is 0 Å². The first-order valence-electron chi connectivity index (χ1n) is 7.79. The van der Waals surface area contributed by atoms with E-state index in [9.17, 15) is 0 Å². The Bertz CT molecular complexity index is 1150. The Morgan fingerprint density at radius 3 is 2.13 bits per heavy atom. The number of thiophene rings is 1. The highest BCUT2D eigenvalue weighted by molar-refractivity contribution is 7.13. The highest BCUT2D eigenvalue weighted by atomic mass is 32.1. The summed E-state index contributed by atoms with van der Waals surface area (Å²) < 4.78 is 0. The van der Waals surface area contributed by atoms with Crippen molar-refractivity contribution in [1.82, 2.24) is 0 Å². The van der Waals surface area contributed by atoms with Gasteiger partial charge in [-0.2, -0.15) is 0 Å². The van der Waals surface area contributed by atoms with Gasteiger partial charge in [0.15, 0.2) is 0 Å². The zero-order valence-corrected chi connectivity index (χ0v) is 13.3. The third-order valence-corrected chi connectivity index (χ3v) is 5.41. The summed E-state index contributed by atoms with van der Waals surface area (Å²) in [4.78, 5) is 1.34. The molecule has 0 bridgehead atoms. The van der Waals surface area contributed by atoms with E-state index in [2.05, 4.69) is 84.2 Å². The fourth-order valence-corrected chi connectivity index (χ4v) is 4.31. The van der Waals surface area contributed by atoms with E-state index in [4.69, 9.17) is 0 Å². The van der Waals surface area contributed by atoms with Crippen LogP contribution in [-0.2, 0) is 0 Å². The molecule has 1 aromatic heterocycles. The largest absolute Gasteiger partial charge is 0.144 e. The lowest BCUT2D eigenvalue weighted by Gasteiger charge is -2.13. The molecule has 23 heavy (non-hydrogen) atoms. The predicted molar refractivity (Wildman–Crippen MR) is 102 cm³/mol. The molecule has 5 rings (SSSR count). The Morgan fingerprint density at radius 1 is 0.565 bits per heavy atom. The quantitative estimate of drug-likeness (QED) is 0.234. The van der Waals surface area contributed by atoms with Gasteiger partial charge in [-0.05, 0) is 49.8 Å². The van der Waals surface area contributed by atoms with Crippen LogP contribution in [0.4, 0.5) is 0 Å². The van der Waals surface area contributed by atoms with Gasteiger partial charge in [0.05, 0.1) is 0 Å². The second kappa shape index (κ2) is 4.94. The van der Waals surface area contributed by atoms with Gasteiger partial charge >= 0.3 is 0 Å². The molecule has 1 heterocycles. The monoisotopic (exact) mass is 310 g/mol. The van der Waals surface area contributed by atoms with Crippen molar-refractivity contribution < 1.29 is 0 Å². The zero-order chi connectivity index (χ0) is 15.2. The second-order valence-electron chi connectivity index (χ2n) is 5.83. The summed E-state index contributed by atoms with van der Waals surface area (Å²) in [5.74, 6) is 0. The van der Waals surface area contributed by atoms with E-state index in [1.54, 1.807) is 0 Å². The van der Waals surface area contributed by atoms with Gasteiger partial charge in [0, 0.05) is 10.4 Å². The van der Waals surface area contributed by atoms with Gasteiger partial charge in [-0.3, -0.25) is 0 Å². The number of fused-ring (bicyclic) bond motifs is 4. The van der Waals surface area contributed by atoms with Gasteiger partial charge in [0.1, 0.15) is 0 Å². The second-order valence-corrected chi connectivity index (χ2v) is 6.78. The van der Waals surface area contributed by atoms with Crippen molar-refractivity contribution in [2.45, 2.75) is 0 Å². The third kappa shape index (κ3) is 1.90. The maximum Gasteiger partial charge on any atom is 0.0355 e. The minimum Gasteiger partial charge on any atom is -0.144 e. The van der Waals surface area contributed by atoms with Crippen molar-refractivity contribution in [1.29, 1.82) is 0 Å². The molecule has 4 aromatic carbocycles. The van der Waals surface area contributed by atoms with E-state index in [1.165, 1.54) is 42.8 Å². The SMILES string of the molecule is c1csc(-c2c3ccccc3cc3ccc4ccccc4c23)c1. The summed E-state index contributed by atoms with van der Waals surface area (Å²) in [7, 11) is 0. The van der Waals surface area contributed by atoms with Gasteiger partial charge in [-0.1, -0.05) is 66.7 Å². The zero-order valence-electron chi connectivity index (χ0n) is 12.5. The Labute approximate surface area is 138 Å². The molecule has 0 fully saturated rings. The fourth-order valence-electron chi connectivity index (χ4n) is 3.52. The number of benzene rings is 4. The highest BCUT2D eigenvalue weighted by Gasteiger charge is 2.12. The molecular formula is C22H14S. The first kappa shape index (κ1) is 12.9. The molecule has 0 aliphatic carbocycles. The van der Waals surface area contributed by atoms with Crippen LogP contribution < -0.4 is 0 Å². The molecule has 0 saturated heterocycles. The Kier molecular flexibility index (Phi) is 2.76. The van der Waals surface area contributed by atoms with Crippen molar-refractivity contribution in [3.05, 3.63) is 84.2 Å². The molecule has 0 nitrogen and oxygen atoms in total. The van der Waals surface area contributed by atoms with E-state index >= 15 is 0 Å². The van der Waals surface area contributed by atoms with Crippen LogP contribution in [0.25, 0.3) is 42.8 Å². The molecule has 0 amide bonds. The van der Waals surface area contributed by atoms with E-state index in [0.717, 1.165) is 0 Å². The molecule has 1 heteroatoms. The standard InChI is InChI=1S/C22H14S/c1-3-8-18-15(6-1)11-12-17-14-16-7-2-4-9-19(16)22(21(17)18)20-10-5-13-23-20/h1-14H. The summed E-state index contributed by atoms with van der Waals surface area (Å²) in [6, 6.07) is 28.5. The molecule has 0 spiro atoms. The van der Waals surface area contributed by atoms with Crippen LogP contribution in [0.2, 0.25) is 0 Å². The molecule has 0 radical (unpaired) electrons. The van der Waals surface area contributed by atoms with Crippen LogP contribution in [0.15, 0.2) is 84.2 Å². The molecule has 0 N–H and O–H groups in total. The van der Waals surface area contributed by atoms with Crippen molar-refractivity contribution in [3.63, 3.8) is 0 Å². The maximum absolute atomic E-state index is 2.31. The molecule has 0 aliphatic heterocycles.